The van der Waals surface area contributed by atoms with Crippen LogP contribution >= 0.6 is 0 Å². The fourth-order valence-electron chi connectivity index (χ4n) is 1.37. The molecule has 0 amide bonds. The van der Waals surface area contributed by atoms with Gasteiger partial charge in [-0.05, 0) is 26.3 Å². The Balaban J connectivity index is 2.66. The van der Waals surface area contributed by atoms with Crippen molar-refractivity contribution in [2.24, 2.45) is 5.73 Å². The highest BCUT2D eigenvalue weighted by atomic mass is 16.5. The minimum Gasteiger partial charge on any atom is -0.481 e. The summed E-state index contributed by atoms with van der Waals surface area (Å²) in [6.45, 7) is 3.83. The van der Waals surface area contributed by atoms with Crippen LogP contribution in [0.3, 0.4) is 0 Å². The van der Waals surface area contributed by atoms with Gasteiger partial charge >= 0.3 is 5.97 Å². The quantitative estimate of drug-likeness (QED) is 0.788. The molecule has 0 bridgehead atoms. The molecule has 1 unspecified atom stereocenters. The second-order valence-corrected chi connectivity index (χ2v) is 4.11. The fourth-order valence-corrected chi connectivity index (χ4v) is 1.37. The first-order chi connectivity index (χ1) is 7.99. The van der Waals surface area contributed by atoms with Crippen molar-refractivity contribution < 1.29 is 14.6 Å². The summed E-state index contributed by atoms with van der Waals surface area (Å²) in [5.41, 5.74) is 6.52. The molecule has 1 aromatic heterocycles. The molecule has 5 heteroatoms. The molecule has 0 aromatic carbocycles. The Morgan fingerprint density at radius 1 is 1.53 bits per heavy atom. The van der Waals surface area contributed by atoms with Crippen molar-refractivity contribution in [2.45, 2.75) is 38.8 Å². The van der Waals surface area contributed by atoms with Gasteiger partial charge in [0.05, 0.1) is 11.8 Å². The molecule has 0 aliphatic carbocycles. The molecule has 0 radical (unpaired) electrons. The molecule has 0 spiro atoms. The fraction of sp³-hybridized carbons (Fsp3) is 0.500. The van der Waals surface area contributed by atoms with Gasteiger partial charge in [-0.1, -0.05) is 6.07 Å². The van der Waals surface area contributed by atoms with E-state index in [0.29, 0.717) is 18.0 Å². The SMILES string of the molecule is CC(C)Oc1cccc(C(N)CCC(=O)O)n1. The maximum Gasteiger partial charge on any atom is 0.303 e. The second-order valence-electron chi connectivity index (χ2n) is 4.11. The van der Waals surface area contributed by atoms with E-state index in [0.717, 1.165) is 0 Å². The van der Waals surface area contributed by atoms with E-state index in [1.165, 1.54) is 0 Å². The van der Waals surface area contributed by atoms with E-state index in [-0.39, 0.29) is 18.6 Å². The average molecular weight is 238 g/mol. The van der Waals surface area contributed by atoms with E-state index in [1.807, 2.05) is 13.8 Å². The number of hydrogen-bond acceptors (Lipinski definition) is 4. The topological polar surface area (TPSA) is 85.4 Å². The summed E-state index contributed by atoms with van der Waals surface area (Å²) in [4.78, 5) is 14.7. The van der Waals surface area contributed by atoms with Crippen molar-refractivity contribution in [3.05, 3.63) is 23.9 Å². The highest BCUT2D eigenvalue weighted by molar-refractivity contribution is 5.66. The molecule has 0 fully saturated rings. The number of carboxylic acid groups (broad SMARTS) is 1. The van der Waals surface area contributed by atoms with E-state index < -0.39 is 5.97 Å². The molecule has 0 aliphatic heterocycles. The lowest BCUT2D eigenvalue weighted by Gasteiger charge is -2.13. The van der Waals surface area contributed by atoms with Gasteiger partial charge in [0.2, 0.25) is 5.88 Å². The predicted molar refractivity (Wildman–Crippen MR) is 63.8 cm³/mol. The number of aliphatic carboxylic acids is 1. The number of nitrogens with two attached hydrogens (primary N) is 1. The van der Waals surface area contributed by atoms with Gasteiger partial charge in [-0.2, -0.15) is 0 Å². The molecular weight excluding hydrogens is 220 g/mol. The molecule has 0 saturated heterocycles. The normalized spacial score (nSPS) is 12.5. The molecule has 94 valence electrons. The zero-order valence-electron chi connectivity index (χ0n) is 10.1. The predicted octanol–water partition coefficient (Wildman–Crippen LogP) is 1.73. The van der Waals surface area contributed by atoms with Crippen molar-refractivity contribution in [1.29, 1.82) is 0 Å². The lowest BCUT2D eigenvalue weighted by Crippen LogP contribution is -2.15. The van der Waals surface area contributed by atoms with Crippen molar-refractivity contribution in [1.82, 2.24) is 4.98 Å². The number of ether oxygens (including phenoxy) is 1. The first-order valence-corrected chi connectivity index (χ1v) is 5.60. The van der Waals surface area contributed by atoms with Crippen LogP contribution in [0, 0.1) is 0 Å². The van der Waals surface area contributed by atoms with E-state index in [2.05, 4.69) is 4.98 Å². The second kappa shape index (κ2) is 6.20. The van der Waals surface area contributed by atoms with Gasteiger partial charge in [-0.3, -0.25) is 4.79 Å². The highest BCUT2D eigenvalue weighted by Gasteiger charge is 2.11. The lowest BCUT2D eigenvalue weighted by atomic mass is 10.1. The number of pyridine rings is 1. The minimum absolute atomic E-state index is 0.0398. The van der Waals surface area contributed by atoms with Gasteiger partial charge in [0.25, 0.3) is 0 Å². The van der Waals surface area contributed by atoms with Crippen molar-refractivity contribution in [2.75, 3.05) is 0 Å². The Hall–Kier alpha value is -1.62. The van der Waals surface area contributed by atoms with E-state index in [1.54, 1.807) is 18.2 Å². The van der Waals surface area contributed by atoms with Gasteiger partial charge < -0.3 is 15.6 Å². The van der Waals surface area contributed by atoms with Crippen LogP contribution in [0.1, 0.15) is 38.4 Å². The van der Waals surface area contributed by atoms with Crippen LogP contribution in [0.25, 0.3) is 0 Å². The number of aromatic nitrogens is 1. The maximum absolute atomic E-state index is 10.4. The standard InChI is InChI=1S/C12H18N2O3/c1-8(2)17-11-5-3-4-10(14-11)9(13)6-7-12(15)16/h3-5,8-9H,6-7,13H2,1-2H3,(H,15,16). The molecule has 1 heterocycles. The zero-order chi connectivity index (χ0) is 12.8. The summed E-state index contributed by atoms with van der Waals surface area (Å²) < 4.78 is 5.45. The zero-order valence-corrected chi connectivity index (χ0v) is 10.1. The maximum atomic E-state index is 10.4. The van der Waals surface area contributed by atoms with Crippen LogP contribution < -0.4 is 10.5 Å². The third-order valence-corrected chi connectivity index (χ3v) is 2.15. The summed E-state index contributed by atoms with van der Waals surface area (Å²) in [5.74, 6) is -0.335. The van der Waals surface area contributed by atoms with Crippen LogP contribution in [0.4, 0.5) is 0 Å². The molecular formula is C12H18N2O3. The summed E-state index contributed by atoms with van der Waals surface area (Å²) in [6, 6.07) is 4.97. The number of rotatable bonds is 6. The number of nitrogens with zero attached hydrogens (tertiary/aromatic N) is 1. The molecule has 0 aliphatic rings. The summed E-state index contributed by atoms with van der Waals surface area (Å²) in [5, 5.41) is 8.58. The number of hydrogen-bond donors (Lipinski definition) is 2. The summed E-state index contributed by atoms with van der Waals surface area (Å²) >= 11 is 0. The molecule has 1 rings (SSSR count). The molecule has 0 saturated carbocycles. The lowest BCUT2D eigenvalue weighted by molar-refractivity contribution is -0.137. The Morgan fingerprint density at radius 3 is 2.82 bits per heavy atom. The van der Waals surface area contributed by atoms with Crippen molar-refractivity contribution in [3.8, 4) is 5.88 Å². The first-order valence-electron chi connectivity index (χ1n) is 5.60. The van der Waals surface area contributed by atoms with Crippen LogP contribution in [0.15, 0.2) is 18.2 Å². The Bertz CT molecular complexity index is 380. The largest absolute Gasteiger partial charge is 0.481 e. The van der Waals surface area contributed by atoms with E-state index >= 15 is 0 Å². The van der Waals surface area contributed by atoms with Crippen LogP contribution in [0.2, 0.25) is 0 Å². The molecule has 1 atom stereocenters. The Labute approximate surface area is 101 Å². The number of carbonyl (C=O) groups is 1. The Morgan fingerprint density at radius 2 is 2.24 bits per heavy atom. The van der Waals surface area contributed by atoms with Gasteiger partial charge in [-0.25, -0.2) is 4.98 Å². The van der Waals surface area contributed by atoms with Gasteiger partial charge in [0.1, 0.15) is 0 Å². The van der Waals surface area contributed by atoms with Gasteiger partial charge in [-0.15, -0.1) is 0 Å². The van der Waals surface area contributed by atoms with E-state index in [9.17, 15) is 4.79 Å². The molecule has 1 aromatic rings. The third kappa shape index (κ3) is 4.82. The van der Waals surface area contributed by atoms with E-state index in [4.69, 9.17) is 15.6 Å². The highest BCUT2D eigenvalue weighted by Crippen LogP contribution is 2.17. The van der Waals surface area contributed by atoms with Crippen molar-refractivity contribution >= 4 is 5.97 Å². The summed E-state index contributed by atoms with van der Waals surface area (Å²) in [7, 11) is 0. The molecule has 17 heavy (non-hydrogen) atoms. The van der Waals surface area contributed by atoms with Crippen LogP contribution in [0.5, 0.6) is 5.88 Å². The first kappa shape index (κ1) is 13.4. The number of carboxylic acids is 1. The molecule has 5 nitrogen and oxygen atoms in total. The minimum atomic E-state index is -0.852. The summed E-state index contributed by atoms with van der Waals surface area (Å²) in [6.07, 6.45) is 0.457. The average Bonchev–Trinajstić information content (AvgIpc) is 2.25. The molecule has 3 N–H and O–H groups in total. The van der Waals surface area contributed by atoms with Gasteiger partial charge in [0, 0.05) is 18.5 Å². The van der Waals surface area contributed by atoms with Crippen LogP contribution in [-0.4, -0.2) is 22.2 Å². The van der Waals surface area contributed by atoms with Crippen molar-refractivity contribution in [3.63, 3.8) is 0 Å². The third-order valence-electron chi connectivity index (χ3n) is 2.15. The van der Waals surface area contributed by atoms with Gasteiger partial charge in [0.15, 0.2) is 0 Å². The monoisotopic (exact) mass is 238 g/mol. The Kier molecular flexibility index (Phi) is 4.90. The van der Waals surface area contributed by atoms with Crippen LogP contribution in [-0.2, 0) is 4.79 Å². The smallest absolute Gasteiger partial charge is 0.303 e.